The molecule has 0 unspecified atom stereocenters. The molecular formula is C20H27NO4. The van der Waals surface area contributed by atoms with E-state index in [2.05, 4.69) is 5.32 Å². The van der Waals surface area contributed by atoms with E-state index in [-0.39, 0.29) is 12.7 Å². The van der Waals surface area contributed by atoms with Gasteiger partial charge in [0.2, 0.25) is 0 Å². The van der Waals surface area contributed by atoms with E-state index in [4.69, 9.17) is 14.2 Å². The third kappa shape index (κ3) is 5.74. The second-order valence-corrected chi connectivity index (χ2v) is 5.72. The summed E-state index contributed by atoms with van der Waals surface area (Å²) in [7, 11) is 3.28. The Morgan fingerprint density at radius 1 is 0.880 bits per heavy atom. The first-order valence-corrected chi connectivity index (χ1v) is 8.46. The van der Waals surface area contributed by atoms with Crippen LogP contribution in [0.1, 0.15) is 24.2 Å². The van der Waals surface area contributed by atoms with Gasteiger partial charge in [-0.1, -0.05) is 31.2 Å². The van der Waals surface area contributed by atoms with Crippen LogP contribution in [0.2, 0.25) is 0 Å². The molecule has 5 heteroatoms. The van der Waals surface area contributed by atoms with Gasteiger partial charge in [0.05, 0.1) is 26.9 Å². The summed E-state index contributed by atoms with van der Waals surface area (Å²) < 4.78 is 16.5. The van der Waals surface area contributed by atoms with Crippen molar-refractivity contribution in [3.63, 3.8) is 0 Å². The summed E-state index contributed by atoms with van der Waals surface area (Å²) in [6, 6.07) is 15.5. The van der Waals surface area contributed by atoms with Crippen LogP contribution in [-0.2, 0) is 4.74 Å². The first-order chi connectivity index (χ1) is 12.2. The van der Waals surface area contributed by atoms with Gasteiger partial charge in [0.15, 0.2) is 0 Å². The second kappa shape index (κ2) is 10.0. The minimum Gasteiger partial charge on any atom is -0.497 e. The highest BCUT2D eigenvalue weighted by molar-refractivity contribution is 5.36. The molecule has 2 N–H and O–H groups in total. The van der Waals surface area contributed by atoms with Crippen molar-refractivity contribution in [3.05, 3.63) is 59.7 Å². The van der Waals surface area contributed by atoms with Crippen LogP contribution in [0.3, 0.4) is 0 Å². The molecule has 5 nitrogen and oxygen atoms in total. The highest BCUT2D eigenvalue weighted by Crippen LogP contribution is 2.29. The van der Waals surface area contributed by atoms with Gasteiger partial charge in [-0.15, -0.1) is 0 Å². The molecule has 136 valence electrons. The largest absolute Gasteiger partial charge is 0.497 e. The highest BCUT2D eigenvalue weighted by Gasteiger charge is 2.17. The van der Waals surface area contributed by atoms with E-state index in [1.165, 1.54) is 0 Å². The lowest BCUT2D eigenvalue weighted by Gasteiger charge is -2.21. The number of benzene rings is 2. The van der Waals surface area contributed by atoms with E-state index in [9.17, 15) is 5.11 Å². The van der Waals surface area contributed by atoms with E-state index < -0.39 is 6.10 Å². The first kappa shape index (κ1) is 19.2. The minimum atomic E-state index is -0.557. The Balaban J connectivity index is 2.17. The zero-order valence-corrected chi connectivity index (χ0v) is 15.1. The zero-order chi connectivity index (χ0) is 18.1. The Labute approximate surface area is 149 Å². The van der Waals surface area contributed by atoms with Crippen molar-refractivity contribution < 1.29 is 19.3 Å². The maximum absolute atomic E-state index is 10.1. The number of aliphatic hydroxyl groups excluding tert-OH is 1. The topological polar surface area (TPSA) is 60.0 Å². The molecule has 0 aliphatic carbocycles. The van der Waals surface area contributed by atoms with Crippen molar-refractivity contribution in [2.45, 2.75) is 19.1 Å². The fourth-order valence-corrected chi connectivity index (χ4v) is 2.52. The standard InChI is InChI=1S/C20H27NO4/c1-4-21-13-17(22)14-25-20(15-5-9-18(23-2)10-6-15)16-7-11-19(24-3)12-8-16/h5-12,17,20-22H,4,13-14H2,1-3H3/t17-/m1/s1. The summed E-state index contributed by atoms with van der Waals surface area (Å²) in [4.78, 5) is 0. The van der Waals surface area contributed by atoms with Gasteiger partial charge >= 0.3 is 0 Å². The van der Waals surface area contributed by atoms with Crippen molar-refractivity contribution in [1.29, 1.82) is 0 Å². The summed E-state index contributed by atoms with van der Waals surface area (Å²) in [6.07, 6.45) is -0.827. The number of aliphatic hydroxyl groups is 1. The number of likely N-dealkylation sites (N-methyl/N-ethyl adjacent to an activating group) is 1. The highest BCUT2D eigenvalue weighted by atomic mass is 16.5. The fraction of sp³-hybridized carbons (Fsp3) is 0.400. The molecule has 2 rings (SSSR count). The van der Waals surface area contributed by atoms with Crippen LogP contribution in [0.15, 0.2) is 48.5 Å². The third-order valence-corrected chi connectivity index (χ3v) is 3.92. The molecule has 0 aliphatic rings. The van der Waals surface area contributed by atoms with E-state index in [0.717, 1.165) is 29.2 Å². The van der Waals surface area contributed by atoms with Gasteiger partial charge in [-0.3, -0.25) is 0 Å². The quantitative estimate of drug-likeness (QED) is 0.693. The van der Waals surface area contributed by atoms with Gasteiger partial charge in [0.25, 0.3) is 0 Å². The minimum absolute atomic E-state index is 0.246. The number of rotatable bonds is 10. The normalized spacial score (nSPS) is 12.2. The smallest absolute Gasteiger partial charge is 0.118 e. The second-order valence-electron chi connectivity index (χ2n) is 5.72. The van der Waals surface area contributed by atoms with Gasteiger partial charge in [-0.25, -0.2) is 0 Å². The van der Waals surface area contributed by atoms with Crippen molar-refractivity contribution >= 4 is 0 Å². The van der Waals surface area contributed by atoms with Crippen LogP contribution in [0.25, 0.3) is 0 Å². The Morgan fingerprint density at radius 3 is 1.76 bits per heavy atom. The van der Waals surface area contributed by atoms with Crippen LogP contribution in [0.4, 0.5) is 0 Å². The monoisotopic (exact) mass is 345 g/mol. The molecule has 0 radical (unpaired) electrons. The lowest BCUT2D eigenvalue weighted by molar-refractivity contribution is 0.00678. The Hall–Kier alpha value is -2.08. The lowest BCUT2D eigenvalue weighted by atomic mass is 10.0. The number of nitrogens with one attached hydrogen (secondary N) is 1. The van der Waals surface area contributed by atoms with Gasteiger partial charge in [0, 0.05) is 6.54 Å². The SMILES string of the molecule is CCNC[C@@H](O)COC(c1ccc(OC)cc1)c1ccc(OC)cc1. The average molecular weight is 345 g/mol. The molecule has 2 aromatic carbocycles. The Bertz CT molecular complexity index is 565. The molecule has 1 atom stereocenters. The molecule has 0 aromatic heterocycles. The molecule has 0 fully saturated rings. The van der Waals surface area contributed by atoms with Crippen LogP contribution < -0.4 is 14.8 Å². The van der Waals surface area contributed by atoms with Crippen LogP contribution in [0, 0.1) is 0 Å². The predicted octanol–water partition coefficient (Wildman–Crippen LogP) is 2.78. The van der Waals surface area contributed by atoms with Crippen LogP contribution in [0.5, 0.6) is 11.5 Å². The van der Waals surface area contributed by atoms with E-state index in [1.807, 2.05) is 55.5 Å². The van der Waals surface area contributed by atoms with E-state index in [1.54, 1.807) is 14.2 Å². The summed E-state index contributed by atoms with van der Waals surface area (Å²) in [5, 5.41) is 13.2. The lowest BCUT2D eigenvalue weighted by Crippen LogP contribution is -2.30. The van der Waals surface area contributed by atoms with Crippen molar-refractivity contribution in [3.8, 4) is 11.5 Å². The molecule has 0 saturated heterocycles. The van der Waals surface area contributed by atoms with Crippen LogP contribution >= 0.6 is 0 Å². The van der Waals surface area contributed by atoms with Crippen LogP contribution in [-0.4, -0.2) is 45.1 Å². The van der Waals surface area contributed by atoms with E-state index in [0.29, 0.717) is 6.54 Å². The maximum Gasteiger partial charge on any atom is 0.118 e. The summed E-state index contributed by atoms with van der Waals surface area (Å²) in [6.45, 7) is 3.58. The molecule has 25 heavy (non-hydrogen) atoms. The zero-order valence-electron chi connectivity index (χ0n) is 15.1. The fourth-order valence-electron chi connectivity index (χ4n) is 2.52. The third-order valence-electron chi connectivity index (χ3n) is 3.92. The predicted molar refractivity (Wildman–Crippen MR) is 98.3 cm³/mol. The van der Waals surface area contributed by atoms with Crippen molar-refractivity contribution in [2.24, 2.45) is 0 Å². The van der Waals surface area contributed by atoms with Crippen molar-refractivity contribution in [2.75, 3.05) is 33.9 Å². The van der Waals surface area contributed by atoms with Gasteiger partial charge in [-0.05, 0) is 41.9 Å². The Morgan fingerprint density at radius 2 is 1.36 bits per heavy atom. The number of hydrogen-bond acceptors (Lipinski definition) is 5. The maximum atomic E-state index is 10.1. The summed E-state index contributed by atoms with van der Waals surface area (Å²) in [5.74, 6) is 1.59. The molecule has 2 aromatic rings. The van der Waals surface area contributed by atoms with Gasteiger partial charge in [0.1, 0.15) is 17.6 Å². The Kier molecular flexibility index (Phi) is 7.73. The number of ether oxygens (including phenoxy) is 3. The first-order valence-electron chi connectivity index (χ1n) is 8.46. The van der Waals surface area contributed by atoms with Gasteiger partial charge in [-0.2, -0.15) is 0 Å². The molecule has 0 aliphatic heterocycles. The van der Waals surface area contributed by atoms with Gasteiger partial charge < -0.3 is 24.6 Å². The summed E-state index contributed by atoms with van der Waals surface area (Å²) in [5.41, 5.74) is 2.00. The molecule has 0 heterocycles. The molecule has 0 amide bonds. The number of hydrogen-bond donors (Lipinski definition) is 2. The molecule has 0 bridgehead atoms. The molecule has 0 spiro atoms. The summed E-state index contributed by atoms with van der Waals surface area (Å²) >= 11 is 0. The van der Waals surface area contributed by atoms with Crippen molar-refractivity contribution in [1.82, 2.24) is 5.32 Å². The number of methoxy groups -OCH3 is 2. The van der Waals surface area contributed by atoms with E-state index >= 15 is 0 Å². The molecular weight excluding hydrogens is 318 g/mol. The average Bonchev–Trinajstić information content (AvgIpc) is 2.67. The molecule has 0 saturated carbocycles.